The van der Waals surface area contributed by atoms with Crippen molar-refractivity contribution in [1.82, 2.24) is 0 Å². The number of nitrogens with two attached hydrogens (primary N) is 1. The Morgan fingerprint density at radius 1 is 1.43 bits per heavy atom. The highest BCUT2D eigenvalue weighted by atomic mass is 35.5. The Morgan fingerprint density at radius 3 is 2.50 bits per heavy atom. The van der Waals surface area contributed by atoms with Gasteiger partial charge in [-0.15, -0.1) is 0 Å². The lowest BCUT2D eigenvalue weighted by Gasteiger charge is -1.99. The largest absolute Gasteiger partial charge is 0.233 e. The molecule has 0 fully saturated rings. The maximum Gasteiger partial charge on any atom is 0.233 e. The molecule has 3 nitrogen and oxygen atoms in total. The SMILES string of the molecule is CC(=Cc1ccccc1Cl)S(N)(=O)=O. The predicted molar refractivity (Wildman–Crippen MR) is 58.2 cm³/mol. The van der Waals surface area contributed by atoms with Gasteiger partial charge in [-0.05, 0) is 24.6 Å². The van der Waals surface area contributed by atoms with Crippen molar-refractivity contribution in [1.29, 1.82) is 0 Å². The van der Waals surface area contributed by atoms with Crippen molar-refractivity contribution >= 4 is 27.7 Å². The van der Waals surface area contributed by atoms with Crippen LogP contribution < -0.4 is 5.14 Å². The molecule has 1 aromatic rings. The van der Waals surface area contributed by atoms with Gasteiger partial charge in [-0.25, -0.2) is 13.6 Å². The highest BCUT2D eigenvalue weighted by Gasteiger charge is 2.06. The Balaban J connectivity index is 3.17. The summed E-state index contributed by atoms with van der Waals surface area (Å²) in [4.78, 5) is 0.0885. The maximum absolute atomic E-state index is 10.9. The molecule has 2 N–H and O–H groups in total. The van der Waals surface area contributed by atoms with Crippen molar-refractivity contribution in [2.45, 2.75) is 6.92 Å². The highest BCUT2D eigenvalue weighted by molar-refractivity contribution is 7.93. The molecule has 0 saturated carbocycles. The molecule has 5 heteroatoms. The summed E-state index contributed by atoms with van der Waals surface area (Å²) < 4.78 is 21.8. The van der Waals surface area contributed by atoms with Crippen LogP contribution in [0.15, 0.2) is 29.2 Å². The first kappa shape index (κ1) is 11.2. The first-order valence-electron chi connectivity index (χ1n) is 3.87. The summed E-state index contributed by atoms with van der Waals surface area (Å²) in [7, 11) is -3.62. The second-order valence-corrected chi connectivity index (χ2v) is 4.96. The molecule has 0 amide bonds. The van der Waals surface area contributed by atoms with Crippen LogP contribution in [0.4, 0.5) is 0 Å². The quantitative estimate of drug-likeness (QED) is 0.846. The highest BCUT2D eigenvalue weighted by Crippen LogP contribution is 2.18. The van der Waals surface area contributed by atoms with Gasteiger partial charge in [0.05, 0.1) is 4.91 Å². The lowest BCUT2D eigenvalue weighted by Crippen LogP contribution is -2.12. The van der Waals surface area contributed by atoms with E-state index in [0.29, 0.717) is 10.6 Å². The summed E-state index contributed by atoms with van der Waals surface area (Å²) in [5.74, 6) is 0. The fourth-order valence-electron chi connectivity index (χ4n) is 0.893. The van der Waals surface area contributed by atoms with Crippen molar-refractivity contribution in [3.63, 3.8) is 0 Å². The van der Waals surface area contributed by atoms with Gasteiger partial charge in [0.25, 0.3) is 0 Å². The average Bonchev–Trinajstić information content (AvgIpc) is 2.07. The monoisotopic (exact) mass is 231 g/mol. The second kappa shape index (κ2) is 4.13. The molecule has 0 aromatic heterocycles. The molecule has 0 radical (unpaired) electrons. The molecular formula is C9H10ClNO2S. The molecule has 14 heavy (non-hydrogen) atoms. The van der Waals surface area contributed by atoms with E-state index in [1.807, 2.05) is 0 Å². The van der Waals surface area contributed by atoms with Gasteiger partial charge in [-0.2, -0.15) is 0 Å². The number of sulfonamides is 1. The number of primary sulfonamides is 1. The van der Waals surface area contributed by atoms with Crippen molar-refractivity contribution in [2.24, 2.45) is 5.14 Å². The lowest BCUT2D eigenvalue weighted by molar-refractivity contribution is 0.604. The standard InChI is InChI=1S/C9H10ClNO2S/c1-7(14(11,12)13)6-8-4-2-3-5-9(8)10/h2-6H,1H3,(H2,11,12,13). The van der Waals surface area contributed by atoms with Gasteiger partial charge in [0.2, 0.25) is 10.0 Å². The van der Waals surface area contributed by atoms with E-state index in [2.05, 4.69) is 0 Å². The van der Waals surface area contributed by atoms with Gasteiger partial charge in [-0.3, -0.25) is 0 Å². The smallest absolute Gasteiger partial charge is 0.225 e. The molecule has 0 heterocycles. The van der Waals surface area contributed by atoms with Gasteiger partial charge in [-0.1, -0.05) is 29.8 Å². The van der Waals surface area contributed by atoms with Gasteiger partial charge in [0.15, 0.2) is 0 Å². The summed E-state index contributed by atoms with van der Waals surface area (Å²) in [5.41, 5.74) is 0.640. The van der Waals surface area contributed by atoms with Gasteiger partial charge < -0.3 is 0 Å². The van der Waals surface area contributed by atoms with Crippen LogP contribution in [0.1, 0.15) is 12.5 Å². The third-order valence-electron chi connectivity index (χ3n) is 1.71. The van der Waals surface area contributed by atoms with Crippen LogP contribution >= 0.6 is 11.6 Å². The molecule has 0 unspecified atom stereocenters. The van der Waals surface area contributed by atoms with E-state index in [1.54, 1.807) is 24.3 Å². The van der Waals surface area contributed by atoms with Gasteiger partial charge >= 0.3 is 0 Å². The molecule has 0 atom stereocenters. The number of rotatable bonds is 2. The van der Waals surface area contributed by atoms with Crippen LogP contribution in [0.5, 0.6) is 0 Å². The van der Waals surface area contributed by atoms with Crippen molar-refractivity contribution in [3.05, 3.63) is 39.8 Å². The predicted octanol–water partition coefficient (Wildman–Crippen LogP) is 1.99. The molecule has 0 aliphatic heterocycles. The molecule has 0 aliphatic rings. The number of benzene rings is 1. The van der Waals surface area contributed by atoms with Crippen molar-refractivity contribution < 1.29 is 8.42 Å². The van der Waals surface area contributed by atoms with E-state index in [1.165, 1.54) is 13.0 Å². The number of hydrogen-bond acceptors (Lipinski definition) is 2. The van der Waals surface area contributed by atoms with Crippen LogP contribution in [-0.2, 0) is 10.0 Å². The topological polar surface area (TPSA) is 60.2 Å². The van der Waals surface area contributed by atoms with E-state index < -0.39 is 10.0 Å². The van der Waals surface area contributed by atoms with E-state index in [4.69, 9.17) is 16.7 Å². The van der Waals surface area contributed by atoms with Crippen LogP contribution in [0.3, 0.4) is 0 Å². The normalized spacial score (nSPS) is 12.9. The van der Waals surface area contributed by atoms with Gasteiger partial charge in [0.1, 0.15) is 0 Å². The Bertz CT molecular complexity index is 465. The zero-order valence-corrected chi connectivity index (χ0v) is 9.14. The van der Waals surface area contributed by atoms with Crippen LogP contribution in [0.25, 0.3) is 6.08 Å². The summed E-state index contributed by atoms with van der Waals surface area (Å²) in [5, 5.41) is 5.43. The molecule has 0 saturated heterocycles. The van der Waals surface area contributed by atoms with E-state index in [0.717, 1.165) is 0 Å². The minimum absolute atomic E-state index is 0.0885. The minimum Gasteiger partial charge on any atom is -0.225 e. The summed E-state index contributed by atoms with van der Waals surface area (Å²) in [6.07, 6.45) is 1.44. The summed E-state index contributed by atoms with van der Waals surface area (Å²) >= 11 is 5.84. The Morgan fingerprint density at radius 2 is 2.00 bits per heavy atom. The molecule has 0 bridgehead atoms. The first-order valence-corrected chi connectivity index (χ1v) is 5.79. The van der Waals surface area contributed by atoms with E-state index >= 15 is 0 Å². The third kappa shape index (κ3) is 2.83. The zero-order valence-electron chi connectivity index (χ0n) is 7.57. The molecule has 76 valence electrons. The Kier molecular flexibility index (Phi) is 3.31. The zero-order chi connectivity index (χ0) is 10.8. The average molecular weight is 232 g/mol. The molecular weight excluding hydrogens is 222 g/mol. The van der Waals surface area contributed by atoms with Crippen molar-refractivity contribution in [2.75, 3.05) is 0 Å². The fourth-order valence-corrected chi connectivity index (χ4v) is 1.37. The Hall–Kier alpha value is -0.840. The van der Waals surface area contributed by atoms with Crippen LogP contribution in [0.2, 0.25) is 5.02 Å². The lowest BCUT2D eigenvalue weighted by atomic mass is 10.2. The first-order chi connectivity index (χ1) is 6.41. The minimum atomic E-state index is -3.62. The number of allylic oxidation sites excluding steroid dienone is 1. The second-order valence-electron chi connectivity index (χ2n) is 2.82. The molecule has 0 spiro atoms. The van der Waals surface area contributed by atoms with Crippen LogP contribution in [-0.4, -0.2) is 8.42 Å². The van der Waals surface area contributed by atoms with E-state index in [9.17, 15) is 8.42 Å². The molecule has 1 rings (SSSR count). The third-order valence-corrected chi connectivity index (χ3v) is 3.07. The maximum atomic E-state index is 10.9. The Labute approximate surface area is 88.2 Å². The molecule has 1 aromatic carbocycles. The van der Waals surface area contributed by atoms with E-state index in [-0.39, 0.29) is 4.91 Å². The van der Waals surface area contributed by atoms with Crippen molar-refractivity contribution in [3.8, 4) is 0 Å². The summed E-state index contributed by atoms with van der Waals surface area (Å²) in [6, 6.07) is 6.95. The van der Waals surface area contributed by atoms with Crippen LogP contribution in [0, 0.1) is 0 Å². The molecule has 0 aliphatic carbocycles. The fraction of sp³-hybridized carbons (Fsp3) is 0.111. The number of hydrogen-bond donors (Lipinski definition) is 1. The summed E-state index contributed by atoms with van der Waals surface area (Å²) in [6.45, 7) is 1.43. The number of halogens is 1. The van der Waals surface area contributed by atoms with Gasteiger partial charge in [0, 0.05) is 5.02 Å².